The number of rotatable bonds is 4. The minimum atomic E-state index is -0.247. The third kappa shape index (κ3) is 3.00. The lowest BCUT2D eigenvalue weighted by atomic mass is 10.3. The number of nitrogens with zero attached hydrogens (tertiary/aromatic N) is 3. The van der Waals surface area contributed by atoms with Gasteiger partial charge in [0.05, 0.1) is 0 Å². The second kappa shape index (κ2) is 5.72. The Morgan fingerprint density at radius 1 is 1.17 bits per heavy atom. The second-order valence-electron chi connectivity index (χ2n) is 3.59. The van der Waals surface area contributed by atoms with Crippen LogP contribution in [0, 0.1) is 0 Å². The van der Waals surface area contributed by atoms with Gasteiger partial charge in [-0.3, -0.25) is 9.78 Å². The summed E-state index contributed by atoms with van der Waals surface area (Å²) in [6.45, 7) is 0.635. The molecule has 6 nitrogen and oxygen atoms in total. The molecule has 0 fully saturated rings. The molecule has 0 aromatic carbocycles. The van der Waals surface area contributed by atoms with Crippen LogP contribution >= 0.6 is 0 Å². The van der Waals surface area contributed by atoms with Crippen molar-refractivity contribution in [3.05, 3.63) is 47.9 Å². The topological polar surface area (TPSA) is 79.8 Å². The van der Waals surface area contributed by atoms with E-state index < -0.39 is 0 Å². The van der Waals surface area contributed by atoms with E-state index in [-0.39, 0.29) is 5.91 Å². The van der Waals surface area contributed by atoms with Gasteiger partial charge in [-0.25, -0.2) is 0 Å². The molecule has 0 saturated heterocycles. The third-order valence-corrected chi connectivity index (χ3v) is 2.35. The highest BCUT2D eigenvalue weighted by molar-refractivity contribution is 5.91. The summed E-state index contributed by atoms with van der Waals surface area (Å²) in [5.74, 6) is 0.377. The lowest BCUT2D eigenvalue weighted by Gasteiger charge is -2.05. The van der Waals surface area contributed by atoms with E-state index >= 15 is 0 Å². The van der Waals surface area contributed by atoms with Gasteiger partial charge in [0.25, 0.3) is 5.91 Å². The number of hydrogen-bond donors (Lipinski definition) is 2. The van der Waals surface area contributed by atoms with Crippen LogP contribution in [0.15, 0.2) is 36.7 Å². The van der Waals surface area contributed by atoms with Crippen LogP contribution in [0.5, 0.6) is 0 Å². The molecule has 0 radical (unpaired) electrons. The highest BCUT2D eigenvalue weighted by atomic mass is 16.1. The molecular formula is C12H13N5O. The summed E-state index contributed by atoms with van der Waals surface area (Å²) in [6.07, 6.45) is 3.47. The average molecular weight is 243 g/mol. The first-order chi connectivity index (χ1) is 8.79. The lowest BCUT2D eigenvalue weighted by Crippen LogP contribution is -2.19. The van der Waals surface area contributed by atoms with Gasteiger partial charge < -0.3 is 10.6 Å². The van der Waals surface area contributed by atoms with Crippen molar-refractivity contribution in [1.82, 2.24) is 20.5 Å². The Hall–Kier alpha value is -2.50. The fraction of sp³-hybridized carbons (Fsp3) is 0.167. The smallest absolute Gasteiger partial charge is 0.271 e. The molecule has 0 bridgehead atoms. The molecule has 92 valence electrons. The zero-order valence-electron chi connectivity index (χ0n) is 9.92. The predicted molar refractivity (Wildman–Crippen MR) is 67.0 cm³/mol. The Balaban J connectivity index is 1.97. The molecule has 18 heavy (non-hydrogen) atoms. The monoisotopic (exact) mass is 243 g/mol. The largest absolute Gasteiger partial charge is 0.365 e. The van der Waals surface area contributed by atoms with E-state index in [0.29, 0.717) is 18.1 Å². The first-order valence-corrected chi connectivity index (χ1v) is 5.48. The van der Waals surface area contributed by atoms with E-state index in [1.807, 2.05) is 12.1 Å². The van der Waals surface area contributed by atoms with Gasteiger partial charge in [0, 0.05) is 26.0 Å². The van der Waals surface area contributed by atoms with Crippen molar-refractivity contribution in [2.75, 3.05) is 12.4 Å². The fourth-order valence-electron chi connectivity index (χ4n) is 1.37. The van der Waals surface area contributed by atoms with E-state index in [1.54, 1.807) is 31.6 Å². The molecule has 0 unspecified atom stereocenters. The van der Waals surface area contributed by atoms with E-state index in [9.17, 15) is 4.79 Å². The van der Waals surface area contributed by atoms with Gasteiger partial charge in [-0.15, -0.1) is 10.2 Å². The molecule has 2 aromatic rings. The molecule has 2 rings (SSSR count). The summed E-state index contributed by atoms with van der Waals surface area (Å²) in [5, 5.41) is 13.4. The van der Waals surface area contributed by atoms with Crippen LogP contribution in [-0.4, -0.2) is 28.1 Å². The third-order valence-electron chi connectivity index (χ3n) is 2.35. The molecule has 0 saturated carbocycles. The zero-order valence-corrected chi connectivity index (χ0v) is 9.92. The molecule has 0 aliphatic heterocycles. The summed E-state index contributed by atoms with van der Waals surface area (Å²) in [7, 11) is 1.56. The Morgan fingerprint density at radius 2 is 1.94 bits per heavy atom. The standard InChI is InChI=1S/C12H13N5O/c1-13-12(18)10-2-3-11(17-16-10)15-8-9-4-6-14-7-5-9/h2-7H,8H2,1H3,(H,13,18)(H,15,17). The maximum Gasteiger partial charge on any atom is 0.271 e. The maximum atomic E-state index is 11.3. The summed E-state index contributed by atoms with van der Waals surface area (Å²) in [5.41, 5.74) is 1.40. The van der Waals surface area contributed by atoms with Crippen molar-refractivity contribution in [3.63, 3.8) is 0 Å². The summed E-state index contributed by atoms with van der Waals surface area (Å²) in [6, 6.07) is 7.18. The minimum absolute atomic E-state index is 0.247. The van der Waals surface area contributed by atoms with Gasteiger partial charge in [0.15, 0.2) is 5.69 Å². The van der Waals surface area contributed by atoms with Crippen molar-refractivity contribution in [2.24, 2.45) is 0 Å². The molecule has 0 spiro atoms. The van der Waals surface area contributed by atoms with Gasteiger partial charge >= 0.3 is 0 Å². The van der Waals surface area contributed by atoms with E-state index in [0.717, 1.165) is 5.56 Å². The number of hydrogen-bond acceptors (Lipinski definition) is 5. The number of carbonyl (C=O) groups excluding carboxylic acids is 1. The molecule has 0 aliphatic carbocycles. The van der Waals surface area contributed by atoms with Gasteiger partial charge in [-0.2, -0.15) is 0 Å². The van der Waals surface area contributed by atoms with Crippen molar-refractivity contribution in [2.45, 2.75) is 6.54 Å². The molecule has 2 N–H and O–H groups in total. The quantitative estimate of drug-likeness (QED) is 0.832. The number of pyridine rings is 1. The highest BCUT2D eigenvalue weighted by Gasteiger charge is 2.04. The number of carbonyl (C=O) groups is 1. The predicted octanol–water partition coefficient (Wildman–Crippen LogP) is 0.843. The fourth-order valence-corrected chi connectivity index (χ4v) is 1.37. The molecular weight excluding hydrogens is 230 g/mol. The van der Waals surface area contributed by atoms with E-state index in [2.05, 4.69) is 25.8 Å². The first-order valence-electron chi connectivity index (χ1n) is 5.48. The maximum absolute atomic E-state index is 11.3. The Labute approximate surface area is 104 Å². The van der Waals surface area contributed by atoms with Gasteiger partial charge in [0.1, 0.15) is 5.82 Å². The SMILES string of the molecule is CNC(=O)c1ccc(NCc2ccncc2)nn1. The summed E-state index contributed by atoms with van der Waals surface area (Å²) >= 11 is 0. The number of aromatic nitrogens is 3. The molecule has 2 aromatic heterocycles. The molecule has 0 aliphatic rings. The Kier molecular flexibility index (Phi) is 3.80. The van der Waals surface area contributed by atoms with E-state index in [4.69, 9.17) is 0 Å². The highest BCUT2D eigenvalue weighted by Crippen LogP contribution is 2.05. The number of amides is 1. The van der Waals surface area contributed by atoms with Gasteiger partial charge in [-0.05, 0) is 29.8 Å². The number of nitrogens with one attached hydrogen (secondary N) is 2. The summed E-state index contributed by atoms with van der Waals surface area (Å²) < 4.78 is 0. The zero-order chi connectivity index (χ0) is 12.8. The number of anilines is 1. The molecule has 1 amide bonds. The average Bonchev–Trinajstić information content (AvgIpc) is 2.46. The molecule has 2 heterocycles. The van der Waals surface area contributed by atoms with Crippen molar-refractivity contribution in [3.8, 4) is 0 Å². The van der Waals surface area contributed by atoms with Crippen LogP contribution in [-0.2, 0) is 6.54 Å². The van der Waals surface area contributed by atoms with Crippen molar-refractivity contribution < 1.29 is 4.79 Å². The second-order valence-corrected chi connectivity index (χ2v) is 3.59. The van der Waals surface area contributed by atoms with Gasteiger partial charge in [-0.1, -0.05) is 0 Å². The van der Waals surface area contributed by atoms with Crippen LogP contribution in [0.25, 0.3) is 0 Å². The van der Waals surface area contributed by atoms with Crippen molar-refractivity contribution in [1.29, 1.82) is 0 Å². The van der Waals surface area contributed by atoms with Crippen LogP contribution in [0.2, 0.25) is 0 Å². The van der Waals surface area contributed by atoms with Crippen LogP contribution in [0.1, 0.15) is 16.1 Å². The Morgan fingerprint density at radius 3 is 2.56 bits per heavy atom. The lowest BCUT2D eigenvalue weighted by molar-refractivity contribution is 0.0957. The van der Waals surface area contributed by atoms with Crippen LogP contribution < -0.4 is 10.6 Å². The van der Waals surface area contributed by atoms with Gasteiger partial charge in [0.2, 0.25) is 0 Å². The van der Waals surface area contributed by atoms with Crippen LogP contribution in [0.3, 0.4) is 0 Å². The van der Waals surface area contributed by atoms with Crippen LogP contribution in [0.4, 0.5) is 5.82 Å². The Bertz CT molecular complexity index is 512. The summed E-state index contributed by atoms with van der Waals surface area (Å²) in [4.78, 5) is 15.2. The minimum Gasteiger partial charge on any atom is -0.365 e. The first kappa shape index (κ1) is 12.0. The van der Waals surface area contributed by atoms with Crippen molar-refractivity contribution >= 4 is 11.7 Å². The molecule has 6 heteroatoms. The van der Waals surface area contributed by atoms with E-state index in [1.165, 1.54) is 0 Å². The molecule has 0 atom stereocenters. The normalized spacial score (nSPS) is 9.83.